The highest BCUT2D eigenvalue weighted by molar-refractivity contribution is 5.88. The third-order valence-corrected chi connectivity index (χ3v) is 3.63. The van der Waals surface area contributed by atoms with Gasteiger partial charge in [0.25, 0.3) is 5.91 Å². The lowest BCUT2D eigenvalue weighted by molar-refractivity contribution is -0.178. The van der Waals surface area contributed by atoms with Crippen LogP contribution in [0, 0.1) is 5.92 Å². The monoisotopic (exact) mass is 209 g/mol. The van der Waals surface area contributed by atoms with Crippen molar-refractivity contribution in [1.82, 2.24) is 5.06 Å². The lowest BCUT2D eigenvalue weighted by Gasteiger charge is -2.37. The van der Waals surface area contributed by atoms with Gasteiger partial charge in [0.1, 0.15) is 0 Å². The molecule has 1 atom stereocenters. The van der Waals surface area contributed by atoms with E-state index in [0.717, 1.165) is 29.9 Å². The summed E-state index contributed by atoms with van der Waals surface area (Å²) in [5.41, 5.74) is 1.10. The van der Waals surface area contributed by atoms with Crippen molar-refractivity contribution in [2.45, 2.75) is 51.5 Å². The molecule has 0 spiro atoms. The van der Waals surface area contributed by atoms with Gasteiger partial charge in [0.15, 0.2) is 0 Å². The van der Waals surface area contributed by atoms with Crippen LogP contribution in [0.1, 0.15) is 45.4 Å². The second-order valence-electron chi connectivity index (χ2n) is 4.84. The van der Waals surface area contributed by atoms with Gasteiger partial charge in [-0.25, -0.2) is 5.06 Å². The maximum Gasteiger partial charge on any atom is 0.270 e. The summed E-state index contributed by atoms with van der Waals surface area (Å²) >= 11 is 0. The van der Waals surface area contributed by atoms with Gasteiger partial charge in [-0.15, -0.1) is 0 Å². The molecule has 0 aromatic carbocycles. The van der Waals surface area contributed by atoms with Crippen LogP contribution in [0.15, 0.2) is 11.6 Å². The van der Waals surface area contributed by atoms with Crippen molar-refractivity contribution in [1.29, 1.82) is 0 Å². The Morgan fingerprint density at radius 1 is 1.33 bits per heavy atom. The van der Waals surface area contributed by atoms with E-state index in [2.05, 4.69) is 0 Å². The molecule has 84 valence electrons. The average molecular weight is 209 g/mol. The molecular weight excluding hydrogens is 190 g/mol. The minimum absolute atomic E-state index is 0.0304. The largest absolute Gasteiger partial charge is 0.285 e. The number of amides is 1. The fourth-order valence-electron chi connectivity index (χ4n) is 2.80. The van der Waals surface area contributed by atoms with Crippen molar-refractivity contribution in [3.63, 3.8) is 0 Å². The van der Waals surface area contributed by atoms with Crippen LogP contribution < -0.4 is 0 Å². The van der Waals surface area contributed by atoms with Gasteiger partial charge in [-0.3, -0.25) is 10.0 Å². The maximum atomic E-state index is 11.5. The maximum absolute atomic E-state index is 11.5. The van der Waals surface area contributed by atoms with Gasteiger partial charge in [-0.1, -0.05) is 24.8 Å². The zero-order valence-corrected chi connectivity index (χ0v) is 9.28. The molecular formula is C12H19NO2. The highest BCUT2D eigenvalue weighted by Gasteiger charge is 2.33. The van der Waals surface area contributed by atoms with Crippen LogP contribution in [0.4, 0.5) is 0 Å². The molecule has 0 radical (unpaired) electrons. The number of rotatable bonds is 1. The normalized spacial score (nSPS) is 29.2. The summed E-state index contributed by atoms with van der Waals surface area (Å²) in [6, 6.07) is 0.0304. The Bertz CT molecular complexity index is 279. The fourth-order valence-corrected chi connectivity index (χ4v) is 2.80. The summed E-state index contributed by atoms with van der Waals surface area (Å²) in [5, 5.41) is 10.7. The molecule has 1 aliphatic heterocycles. The van der Waals surface area contributed by atoms with Gasteiger partial charge in [-0.2, -0.15) is 0 Å². The topological polar surface area (TPSA) is 40.5 Å². The highest BCUT2D eigenvalue weighted by Crippen LogP contribution is 2.33. The Balaban J connectivity index is 2.07. The third-order valence-electron chi connectivity index (χ3n) is 3.63. The molecule has 3 heteroatoms. The smallest absolute Gasteiger partial charge is 0.270 e. The first-order chi connectivity index (χ1) is 7.18. The van der Waals surface area contributed by atoms with Crippen LogP contribution in [0.25, 0.3) is 0 Å². The molecule has 1 saturated carbocycles. The van der Waals surface area contributed by atoms with Gasteiger partial charge >= 0.3 is 0 Å². The van der Waals surface area contributed by atoms with E-state index in [-0.39, 0.29) is 11.9 Å². The second kappa shape index (κ2) is 4.35. The Kier molecular flexibility index (Phi) is 3.10. The van der Waals surface area contributed by atoms with E-state index in [9.17, 15) is 10.0 Å². The molecule has 1 heterocycles. The quantitative estimate of drug-likeness (QED) is 0.674. The first-order valence-corrected chi connectivity index (χ1v) is 5.87. The van der Waals surface area contributed by atoms with Gasteiger partial charge < -0.3 is 0 Å². The average Bonchev–Trinajstić information content (AvgIpc) is 2.24. The summed E-state index contributed by atoms with van der Waals surface area (Å²) in [4.78, 5) is 11.5. The first-order valence-electron chi connectivity index (χ1n) is 5.87. The molecule has 1 amide bonds. The third kappa shape index (κ3) is 2.23. The van der Waals surface area contributed by atoms with E-state index in [4.69, 9.17) is 0 Å². The number of nitrogens with zero attached hydrogens (tertiary/aromatic N) is 1. The second-order valence-corrected chi connectivity index (χ2v) is 4.84. The number of hydrogen-bond donors (Lipinski definition) is 1. The first kappa shape index (κ1) is 10.7. The molecule has 0 aromatic heterocycles. The van der Waals surface area contributed by atoms with E-state index < -0.39 is 0 Å². The van der Waals surface area contributed by atoms with Gasteiger partial charge in [0.2, 0.25) is 0 Å². The molecule has 2 aliphatic rings. The van der Waals surface area contributed by atoms with E-state index in [1.54, 1.807) is 6.08 Å². The Morgan fingerprint density at radius 3 is 2.67 bits per heavy atom. The molecule has 15 heavy (non-hydrogen) atoms. The highest BCUT2D eigenvalue weighted by atomic mass is 16.5. The molecule has 0 saturated heterocycles. The summed E-state index contributed by atoms with van der Waals surface area (Å²) in [6.45, 7) is 1.97. The minimum atomic E-state index is -0.241. The number of carbonyl (C=O) groups excluding carboxylic acids is 1. The van der Waals surface area contributed by atoms with Gasteiger partial charge in [-0.05, 0) is 32.1 Å². The minimum Gasteiger partial charge on any atom is -0.285 e. The van der Waals surface area contributed by atoms with Crippen molar-refractivity contribution < 1.29 is 10.0 Å². The molecule has 0 bridgehead atoms. The van der Waals surface area contributed by atoms with Crippen LogP contribution in [-0.4, -0.2) is 22.2 Å². The summed E-state index contributed by atoms with van der Waals surface area (Å²) in [5.74, 6) is 0.255. The van der Waals surface area contributed by atoms with E-state index >= 15 is 0 Å². The lowest BCUT2D eigenvalue weighted by Crippen LogP contribution is -2.44. The molecule has 1 N–H and O–H groups in total. The molecule has 1 aliphatic carbocycles. The van der Waals surface area contributed by atoms with Crippen molar-refractivity contribution in [3.05, 3.63) is 11.6 Å². The molecule has 2 rings (SSSR count). The predicted octanol–water partition coefficient (Wildman–Crippen LogP) is 2.50. The summed E-state index contributed by atoms with van der Waals surface area (Å²) in [6.07, 6.45) is 8.48. The van der Waals surface area contributed by atoms with E-state index in [1.165, 1.54) is 19.3 Å². The van der Waals surface area contributed by atoms with Gasteiger partial charge in [0, 0.05) is 6.08 Å². The predicted molar refractivity (Wildman–Crippen MR) is 57.4 cm³/mol. The SMILES string of the molecule is CC1=CC(=O)N(O)[C@@H](C2CCCCC2)C1. The van der Waals surface area contributed by atoms with E-state index in [0.29, 0.717) is 5.92 Å². The molecule has 0 unspecified atom stereocenters. The Labute approximate surface area is 90.7 Å². The molecule has 3 nitrogen and oxygen atoms in total. The molecule has 0 aromatic rings. The number of hydrogen-bond acceptors (Lipinski definition) is 2. The van der Waals surface area contributed by atoms with Crippen molar-refractivity contribution in [2.24, 2.45) is 5.92 Å². The van der Waals surface area contributed by atoms with Crippen molar-refractivity contribution in [3.8, 4) is 0 Å². The lowest BCUT2D eigenvalue weighted by atomic mass is 9.80. The van der Waals surface area contributed by atoms with Crippen LogP contribution in [0.5, 0.6) is 0 Å². The van der Waals surface area contributed by atoms with Crippen molar-refractivity contribution >= 4 is 5.91 Å². The van der Waals surface area contributed by atoms with Gasteiger partial charge in [0.05, 0.1) is 6.04 Å². The summed E-state index contributed by atoms with van der Waals surface area (Å²) < 4.78 is 0. The number of carbonyl (C=O) groups is 1. The molecule has 1 fully saturated rings. The van der Waals surface area contributed by atoms with Crippen LogP contribution >= 0.6 is 0 Å². The van der Waals surface area contributed by atoms with Crippen LogP contribution in [0.3, 0.4) is 0 Å². The zero-order valence-electron chi connectivity index (χ0n) is 9.28. The zero-order chi connectivity index (χ0) is 10.8. The number of hydroxylamine groups is 2. The summed E-state index contributed by atoms with van der Waals surface area (Å²) in [7, 11) is 0. The standard InChI is InChI=1S/C12H19NO2/c1-9-7-11(13(15)12(14)8-9)10-5-3-2-4-6-10/h8,10-11,15H,2-7H2,1H3/t11-/m1/s1. The Morgan fingerprint density at radius 2 is 2.00 bits per heavy atom. The Hall–Kier alpha value is -0.830. The van der Waals surface area contributed by atoms with Crippen LogP contribution in [0.2, 0.25) is 0 Å². The van der Waals surface area contributed by atoms with E-state index in [1.807, 2.05) is 6.92 Å². The van der Waals surface area contributed by atoms with Crippen molar-refractivity contribution in [2.75, 3.05) is 0 Å². The van der Waals surface area contributed by atoms with Crippen LogP contribution in [-0.2, 0) is 4.79 Å². The fraction of sp³-hybridized carbons (Fsp3) is 0.750.